The van der Waals surface area contributed by atoms with Gasteiger partial charge in [0.25, 0.3) is 0 Å². The van der Waals surface area contributed by atoms with E-state index in [9.17, 15) is 0 Å². The smallest absolute Gasteiger partial charge is 0.197 e. The second kappa shape index (κ2) is 5.69. The molecule has 4 nitrogen and oxygen atoms in total. The molecule has 5 heteroatoms. The lowest BCUT2D eigenvalue weighted by Gasteiger charge is -2.08. The SMILES string of the molecule is CCNc1nc(-c2ccc(CC)o2)nc(C)c1I. The lowest BCUT2D eigenvalue weighted by Crippen LogP contribution is -2.05. The third-order valence-corrected chi connectivity index (χ3v) is 3.88. The third-order valence-electron chi connectivity index (χ3n) is 2.59. The summed E-state index contributed by atoms with van der Waals surface area (Å²) in [6.07, 6.45) is 0.878. The number of hydrogen-bond acceptors (Lipinski definition) is 4. The molecule has 0 aromatic carbocycles. The minimum atomic E-state index is 0.642. The highest BCUT2D eigenvalue weighted by Crippen LogP contribution is 2.25. The first-order valence-electron chi connectivity index (χ1n) is 6.02. The van der Waals surface area contributed by atoms with Gasteiger partial charge in [-0.15, -0.1) is 0 Å². The van der Waals surface area contributed by atoms with Crippen molar-refractivity contribution in [1.29, 1.82) is 0 Å². The van der Waals surface area contributed by atoms with Crippen molar-refractivity contribution in [2.75, 3.05) is 11.9 Å². The predicted molar refractivity (Wildman–Crippen MR) is 80.7 cm³/mol. The molecule has 0 spiro atoms. The highest BCUT2D eigenvalue weighted by molar-refractivity contribution is 14.1. The van der Waals surface area contributed by atoms with E-state index in [4.69, 9.17) is 4.42 Å². The first-order chi connectivity index (χ1) is 8.65. The minimum absolute atomic E-state index is 0.642. The summed E-state index contributed by atoms with van der Waals surface area (Å²) in [5.74, 6) is 3.19. The lowest BCUT2D eigenvalue weighted by molar-refractivity contribution is 0.525. The summed E-state index contributed by atoms with van der Waals surface area (Å²) in [6, 6.07) is 3.90. The highest BCUT2D eigenvalue weighted by atomic mass is 127. The normalized spacial score (nSPS) is 10.7. The Morgan fingerprint density at radius 1 is 1.28 bits per heavy atom. The van der Waals surface area contributed by atoms with Gasteiger partial charge in [-0.2, -0.15) is 0 Å². The van der Waals surface area contributed by atoms with Gasteiger partial charge < -0.3 is 9.73 Å². The number of aryl methyl sites for hydroxylation is 2. The van der Waals surface area contributed by atoms with Crippen molar-refractivity contribution in [3.63, 3.8) is 0 Å². The maximum absolute atomic E-state index is 5.69. The molecule has 2 heterocycles. The number of nitrogens with zero attached hydrogens (tertiary/aromatic N) is 2. The van der Waals surface area contributed by atoms with Crippen molar-refractivity contribution in [1.82, 2.24) is 9.97 Å². The van der Waals surface area contributed by atoms with Crippen LogP contribution < -0.4 is 5.32 Å². The summed E-state index contributed by atoms with van der Waals surface area (Å²) in [4.78, 5) is 9.00. The van der Waals surface area contributed by atoms with Crippen molar-refractivity contribution in [2.24, 2.45) is 0 Å². The van der Waals surface area contributed by atoms with Crippen LogP contribution in [0.15, 0.2) is 16.5 Å². The van der Waals surface area contributed by atoms with Gasteiger partial charge in [0.2, 0.25) is 0 Å². The number of furan rings is 1. The van der Waals surface area contributed by atoms with Gasteiger partial charge in [-0.1, -0.05) is 6.92 Å². The fourth-order valence-corrected chi connectivity index (χ4v) is 2.07. The predicted octanol–water partition coefficient (Wildman–Crippen LogP) is 3.64. The van der Waals surface area contributed by atoms with Gasteiger partial charge in [0.15, 0.2) is 11.6 Å². The molecule has 0 saturated carbocycles. The van der Waals surface area contributed by atoms with Crippen LogP contribution in [0.1, 0.15) is 25.3 Å². The Bertz CT molecular complexity index is 551. The van der Waals surface area contributed by atoms with Gasteiger partial charge in [-0.05, 0) is 48.6 Å². The number of nitrogens with one attached hydrogen (secondary N) is 1. The van der Waals surface area contributed by atoms with E-state index in [-0.39, 0.29) is 0 Å². The number of aromatic nitrogens is 2. The summed E-state index contributed by atoms with van der Waals surface area (Å²) in [5.41, 5.74) is 0.964. The molecule has 0 amide bonds. The zero-order chi connectivity index (χ0) is 13.1. The van der Waals surface area contributed by atoms with E-state index in [2.05, 4.69) is 51.7 Å². The highest BCUT2D eigenvalue weighted by Gasteiger charge is 2.12. The lowest BCUT2D eigenvalue weighted by atomic mass is 10.3. The topological polar surface area (TPSA) is 51.0 Å². The van der Waals surface area contributed by atoms with Crippen LogP contribution in [0, 0.1) is 10.5 Å². The van der Waals surface area contributed by atoms with Crippen LogP contribution in [0.25, 0.3) is 11.6 Å². The van der Waals surface area contributed by atoms with Gasteiger partial charge in [-0.3, -0.25) is 0 Å². The van der Waals surface area contributed by atoms with Crippen LogP contribution >= 0.6 is 22.6 Å². The average Bonchev–Trinajstić information content (AvgIpc) is 2.83. The summed E-state index contributed by atoms with van der Waals surface area (Å²) in [7, 11) is 0. The second-order valence-corrected chi connectivity index (χ2v) is 5.02. The van der Waals surface area contributed by atoms with Crippen molar-refractivity contribution >= 4 is 28.4 Å². The van der Waals surface area contributed by atoms with Crippen LogP contribution in [-0.2, 0) is 6.42 Å². The summed E-state index contributed by atoms with van der Waals surface area (Å²) in [5, 5.41) is 3.25. The number of hydrogen-bond donors (Lipinski definition) is 1. The van der Waals surface area contributed by atoms with Crippen LogP contribution in [-0.4, -0.2) is 16.5 Å². The molecule has 0 aliphatic heterocycles. The summed E-state index contributed by atoms with van der Waals surface area (Å²) >= 11 is 2.26. The molecule has 0 atom stereocenters. The Balaban J connectivity index is 2.44. The molecule has 18 heavy (non-hydrogen) atoms. The Morgan fingerprint density at radius 3 is 2.67 bits per heavy atom. The van der Waals surface area contributed by atoms with Crippen LogP contribution in [0.2, 0.25) is 0 Å². The molecule has 0 radical (unpaired) electrons. The van der Waals surface area contributed by atoms with E-state index < -0.39 is 0 Å². The Labute approximate surface area is 120 Å². The minimum Gasteiger partial charge on any atom is -0.458 e. The fourth-order valence-electron chi connectivity index (χ4n) is 1.64. The maximum Gasteiger partial charge on any atom is 0.197 e. The maximum atomic E-state index is 5.69. The number of anilines is 1. The second-order valence-electron chi connectivity index (χ2n) is 3.95. The Hall–Kier alpha value is -1.11. The summed E-state index contributed by atoms with van der Waals surface area (Å²) < 4.78 is 6.75. The summed E-state index contributed by atoms with van der Waals surface area (Å²) in [6.45, 7) is 6.93. The molecule has 0 aliphatic rings. The molecular weight excluding hydrogens is 341 g/mol. The van der Waals surface area contributed by atoms with Crippen LogP contribution in [0.4, 0.5) is 5.82 Å². The quantitative estimate of drug-likeness (QED) is 0.849. The Kier molecular flexibility index (Phi) is 4.21. The molecule has 0 unspecified atom stereocenters. The standard InChI is InChI=1S/C13H16IN3O/c1-4-9-6-7-10(18-9)12-16-8(3)11(14)13(17-12)15-5-2/h6-7H,4-5H2,1-3H3,(H,15,16,17). The van der Waals surface area contributed by atoms with Crippen molar-refractivity contribution in [2.45, 2.75) is 27.2 Å². The van der Waals surface area contributed by atoms with E-state index in [1.54, 1.807) is 0 Å². The van der Waals surface area contributed by atoms with E-state index >= 15 is 0 Å². The van der Waals surface area contributed by atoms with E-state index in [1.165, 1.54) is 0 Å². The first kappa shape index (κ1) is 13.3. The molecule has 0 bridgehead atoms. The molecule has 0 saturated heterocycles. The van der Waals surface area contributed by atoms with E-state index in [0.29, 0.717) is 5.82 Å². The molecule has 2 aromatic heterocycles. The Morgan fingerprint density at radius 2 is 2.06 bits per heavy atom. The zero-order valence-corrected chi connectivity index (χ0v) is 12.9. The van der Waals surface area contributed by atoms with Crippen molar-refractivity contribution in [3.8, 4) is 11.6 Å². The van der Waals surface area contributed by atoms with Crippen LogP contribution in [0.5, 0.6) is 0 Å². The van der Waals surface area contributed by atoms with Crippen LogP contribution in [0.3, 0.4) is 0 Å². The third kappa shape index (κ3) is 2.66. The van der Waals surface area contributed by atoms with Gasteiger partial charge in [0, 0.05) is 13.0 Å². The molecular formula is C13H16IN3O. The largest absolute Gasteiger partial charge is 0.458 e. The molecule has 0 fully saturated rings. The van der Waals surface area contributed by atoms with Crippen molar-refractivity contribution in [3.05, 3.63) is 27.2 Å². The number of rotatable bonds is 4. The molecule has 96 valence electrons. The van der Waals surface area contributed by atoms with E-state index in [0.717, 1.165) is 39.6 Å². The van der Waals surface area contributed by atoms with Gasteiger partial charge >= 0.3 is 0 Å². The van der Waals surface area contributed by atoms with E-state index in [1.807, 2.05) is 19.1 Å². The van der Waals surface area contributed by atoms with Gasteiger partial charge in [0.05, 0.1) is 9.26 Å². The zero-order valence-electron chi connectivity index (χ0n) is 10.7. The first-order valence-corrected chi connectivity index (χ1v) is 7.10. The monoisotopic (exact) mass is 357 g/mol. The molecule has 2 aromatic rings. The number of halogens is 1. The average molecular weight is 357 g/mol. The van der Waals surface area contributed by atoms with Gasteiger partial charge in [0.1, 0.15) is 11.6 Å². The molecule has 1 N–H and O–H groups in total. The molecule has 0 aliphatic carbocycles. The fraction of sp³-hybridized carbons (Fsp3) is 0.385. The van der Waals surface area contributed by atoms with Gasteiger partial charge in [-0.25, -0.2) is 9.97 Å². The molecule has 2 rings (SSSR count). The van der Waals surface area contributed by atoms with Crippen molar-refractivity contribution < 1.29 is 4.42 Å².